The second-order valence-corrected chi connectivity index (χ2v) is 6.18. The number of hydrogen-bond acceptors (Lipinski definition) is 5. The Morgan fingerprint density at radius 1 is 1.19 bits per heavy atom. The molecule has 0 aliphatic carbocycles. The highest BCUT2D eigenvalue weighted by Crippen LogP contribution is 2.31. The van der Waals surface area contributed by atoms with Gasteiger partial charge >= 0.3 is 0 Å². The fourth-order valence-electron chi connectivity index (χ4n) is 2.85. The maximum Gasteiger partial charge on any atom is 0.256 e. The summed E-state index contributed by atoms with van der Waals surface area (Å²) in [6.07, 6.45) is 0.0573. The standard InChI is InChI=1S/C19H19ClN2O4/c1-3-26-14-7-5-13(6-8-14)22-18(23)11-16(19(22)24)21-15-10-12(20)4-9-17(15)25-2/h4-10,16,21H,3,11H2,1-2H3/t16-/m0/s1. The summed E-state index contributed by atoms with van der Waals surface area (Å²) in [5.41, 5.74) is 1.09. The lowest BCUT2D eigenvalue weighted by atomic mass is 10.2. The molecule has 7 heteroatoms. The fraction of sp³-hybridized carbons (Fsp3) is 0.263. The van der Waals surface area contributed by atoms with Crippen LogP contribution in [0.25, 0.3) is 0 Å². The van der Waals surface area contributed by atoms with Crippen LogP contribution in [0, 0.1) is 0 Å². The van der Waals surface area contributed by atoms with Crippen LogP contribution in [0.15, 0.2) is 42.5 Å². The van der Waals surface area contributed by atoms with Gasteiger partial charge in [-0.05, 0) is 49.4 Å². The monoisotopic (exact) mass is 374 g/mol. The third kappa shape index (κ3) is 3.60. The van der Waals surface area contributed by atoms with Crippen molar-refractivity contribution in [3.8, 4) is 11.5 Å². The van der Waals surface area contributed by atoms with Crippen LogP contribution >= 0.6 is 11.6 Å². The molecule has 3 rings (SSSR count). The molecule has 1 atom stereocenters. The minimum absolute atomic E-state index is 0.0573. The van der Waals surface area contributed by atoms with E-state index in [1.807, 2.05) is 6.92 Å². The van der Waals surface area contributed by atoms with Crippen molar-refractivity contribution < 1.29 is 19.1 Å². The smallest absolute Gasteiger partial charge is 0.256 e. The Bertz CT molecular complexity index is 823. The van der Waals surface area contributed by atoms with E-state index in [9.17, 15) is 9.59 Å². The van der Waals surface area contributed by atoms with Gasteiger partial charge in [0.25, 0.3) is 5.91 Å². The van der Waals surface area contributed by atoms with Crippen LogP contribution in [-0.2, 0) is 9.59 Å². The number of hydrogen-bond donors (Lipinski definition) is 1. The van der Waals surface area contributed by atoms with Crippen LogP contribution in [0.2, 0.25) is 5.02 Å². The zero-order valence-electron chi connectivity index (χ0n) is 14.5. The average molecular weight is 375 g/mol. The van der Waals surface area contributed by atoms with Crippen molar-refractivity contribution in [3.05, 3.63) is 47.5 Å². The summed E-state index contributed by atoms with van der Waals surface area (Å²) >= 11 is 6.02. The summed E-state index contributed by atoms with van der Waals surface area (Å²) in [4.78, 5) is 26.3. The van der Waals surface area contributed by atoms with Gasteiger partial charge in [-0.15, -0.1) is 0 Å². The number of carbonyl (C=O) groups is 2. The number of amides is 2. The molecule has 0 radical (unpaired) electrons. The van der Waals surface area contributed by atoms with Gasteiger partial charge in [-0.25, -0.2) is 4.90 Å². The third-order valence-electron chi connectivity index (χ3n) is 4.04. The van der Waals surface area contributed by atoms with E-state index >= 15 is 0 Å². The van der Waals surface area contributed by atoms with Crippen molar-refractivity contribution in [1.82, 2.24) is 0 Å². The molecule has 6 nitrogen and oxygen atoms in total. The first-order valence-electron chi connectivity index (χ1n) is 8.23. The van der Waals surface area contributed by atoms with Crippen LogP contribution in [0.1, 0.15) is 13.3 Å². The van der Waals surface area contributed by atoms with E-state index in [2.05, 4.69) is 5.32 Å². The molecule has 1 saturated heterocycles. The second kappa shape index (κ2) is 7.66. The molecule has 1 fully saturated rings. The Kier molecular flexibility index (Phi) is 5.32. The average Bonchev–Trinajstić information content (AvgIpc) is 2.90. The Morgan fingerprint density at radius 2 is 1.92 bits per heavy atom. The number of methoxy groups -OCH3 is 1. The Labute approximate surface area is 156 Å². The van der Waals surface area contributed by atoms with Gasteiger partial charge in [-0.3, -0.25) is 9.59 Å². The van der Waals surface area contributed by atoms with Crippen molar-refractivity contribution in [2.45, 2.75) is 19.4 Å². The van der Waals surface area contributed by atoms with Gasteiger partial charge in [0.2, 0.25) is 5.91 Å². The molecule has 0 saturated carbocycles. The normalized spacial score (nSPS) is 16.7. The minimum Gasteiger partial charge on any atom is -0.495 e. The van der Waals surface area contributed by atoms with Gasteiger partial charge in [0.15, 0.2) is 0 Å². The van der Waals surface area contributed by atoms with Gasteiger partial charge < -0.3 is 14.8 Å². The lowest BCUT2D eigenvalue weighted by molar-refractivity contribution is -0.121. The van der Waals surface area contributed by atoms with Crippen LogP contribution in [0.3, 0.4) is 0 Å². The molecular formula is C19H19ClN2O4. The van der Waals surface area contributed by atoms with E-state index in [-0.39, 0.29) is 18.2 Å². The van der Waals surface area contributed by atoms with Gasteiger partial charge in [0.1, 0.15) is 17.5 Å². The zero-order chi connectivity index (χ0) is 18.7. The summed E-state index contributed by atoms with van der Waals surface area (Å²) in [7, 11) is 1.53. The highest BCUT2D eigenvalue weighted by atomic mass is 35.5. The van der Waals surface area contributed by atoms with Crippen LogP contribution in [0.4, 0.5) is 11.4 Å². The number of nitrogens with zero attached hydrogens (tertiary/aromatic N) is 1. The Hall–Kier alpha value is -2.73. The van der Waals surface area contributed by atoms with Crippen LogP contribution in [-0.4, -0.2) is 31.6 Å². The largest absolute Gasteiger partial charge is 0.495 e. The van der Waals surface area contributed by atoms with Crippen molar-refractivity contribution in [2.75, 3.05) is 23.9 Å². The molecule has 0 bridgehead atoms. The first-order chi connectivity index (χ1) is 12.5. The molecule has 1 aliphatic heterocycles. The number of benzene rings is 2. The molecule has 0 spiro atoms. The Morgan fingerprint density at radius 3 is 2.58 bits per heavy atom. The van der Waals surface area contributed by atoms with Crippen molar-refractivity contribution in [2.24, 2.45) is 0 Å². The number of rotatable bonds is 6. The molecule has 1 N–H and O–H groups in total. The van der Waals surface area contributed by atoms with Crippen molar-refractivity contribution >= 4 is 34.8 Å². The molecule has 1 heterocycles. The van der Waals surface area contributed by atoms with E-state index in [1.165, 1.54) is 12.0 Å². The lowest BCUT2D eigenvalue weighted by Crippen LogP contribution is -2.34. The predicted octanol–water partition coefficient (Wildman–Crippen LogP) is 3.49. The van der Waals surface area contributed by atoms with Crippen LogP contribution < -0.4 is 19.7 Å². The van der Waals surface area contributed by atoms with E-state index in [1.54, 1.807) is 42.5 Å². The minimum atomic E-state index is -0.679. The number of halogens is 1. The number of carbonyl (C=O) groups excluding carboxylic acids is 2. The maximum absolute atomic E-state index is 12.8. The van der Waals surface area contributed by atoms with E-state index in [4.69, 9.17) is 21.1 Å². The summed E-state index contributed by atoms with van der Waals surface area (Å²) in [5, 5.41) is 3.57. The second-order valence-electron chi connectivity index (χ2n) is 5.74. The highest BCUT2D eigenvalue weighted by Gasteiger charge is 2.39. The van der Waals surface area contributed by atoms with Gasteiger partial charge in [0, 0.05) is 5.02 Å². The maximum atomic E-state index is 12.8. The lowest BCUT2D eigenvalue weighted by Gasteiger charge is -2.18. The topological polar surface area (TPSA) is 67.9 Å². The summed E-state index contributed by atoms with van der Waals surface area (Å²) in [5.74, 6) is 0.654. The SMILES string of the molecule is CCOc1ccc(N2C(=O)C[C@H](Nc3cc(Cl)ccc3OC)C2=O)cc1. The van der Waals surface area contributed by atoms with E-state index in [0.29, 0.717) is 34.5 Å². The molecule has 2 aromatic rings. The van der Waals surface area contributed by atoms with Crippen molar-refractivity contribution in [1.29, 1.82) is 0 Å². The Balaban J connectivity index is 1.80. The zero-order valence-corrected chi connectivity index (χ0v) is 15.2. The van der Waals surface area contributed by atoms with E-state index < -0.39 is 6.04 Å². The highest BCUT2D eigenvalue weighted by molar-refractivity contribution is 6.31. The number of nitrogens with one attached hydrogen (secondary N) is 1. The summed E-state index contributed by atoms with van der Waals surface area (Å²) < 4.78 is 10.7. The van der Waals surface area contributed by atoms with Gasteiger partial charge in [0.05, 0.1) is 31.5 Å². The quantitative estimate of drug-likeness (QED) is 0.784. The van der Waals surface area contributed by atoms with Gasteiger partial charge in [-0.2, -0.15) is 0 Å². The molecule has 0 aromatic heterocycles. The molecule has 136 valence electrons. The number of anilines is 2. The third-order valence-corrected chi connectivity index (χ3v) is 4.28. The van der Waals surface area contributed by atoms with Gasteiger partial charge in [-0.1, -0.05) is 11.6 Å². The summed E-state index contributed by atoms with van der Waals surface area (Å²) in [6.45, 7) is 2.44. The van der Waals surface area contributed by atoms with Crippen LogP contribution in [0.5, 0.6) is 11.5 Å². The molecule has 26 heavy (non-hydrogen) atoms. The molecule has 2 aromatic carbocycles. The molecule has 2 amide bonds. The van der Waals surface area contributed by atoms with E-state index in [0.717, 1.165) is 0 Å². The molecule has 0 unspecified atom stereocenters. The molecule has 1 aliphatic rings. The summed E-state index contributed by atoms with van der Waals surface area (Å²) in [6, 6.07) is 11.3. The molecular weight excluding hydrogens is 356 g/mol. The first kappa shape index (κ1) is 18.1. The fourth-order valence-corrected chi connectivity index (χ4v) is 3.03. The predicted molar refractivity (Wildman–Crippen MR) is 100 cm³/mol. The van der Waals surface area contributed by atoms with Crippen molar-refractivity contribution in [3.63, 3.8) is 0 Å². The number of ether oxygens (including phenoxy) is 2. The first-order valence-corrected chi connectivity index (χ1v) is 8.61. The number of imide groups is 1.